The zero-order chi connectivity index (χ0) is 20.1. The van der Waals surface area contributed by atoms with Gasteiger partial charge in [0.25, 0.3) is 0 Å². The van der Waals surface area contributed by atoms with E-state index in [0.29, 0.717) is 0 Å². The molecule has 0 spiro atoms. The third kappa shape index (κ3) is 2.61. The molecule has 1 aromatic heterocycles. The molecule has 0 fully saturated rings. The standard InChI is InChI=1S/C28H20N2/c1-30-27-12-5-4-11-26(27)29-28(30)23-9-6-8-20(18-23)21-15-16-25-22(17-21)14-13-19-7-2-3-10-24(19)25/h2-18H,1H3. The first-order valence-electron chi connectivity index (χ1n) is 10.2. The van der Waals surface area contributed by atoms with Gasteiger partial charge >= 0.3 is 0 Å². The van der Waals surface area contributed by atoms with Crippen molar-refractivity contribution in [2.24, 2.45) is 7.05 Å². The van der Waals surface area contributed by atoms with E-state index in [2.05, 4.69) is 109 Å². The summed E-state index contributed by atoms with van der Waals surface area (Å²) in [4.78, 5) is 4.86. The molecule has 2 heteroatoms. The van der Waals surface area contributed by atoms with Gasteiger partial charge in [-0.2, -0.15) is 0 Å². The van der Waals surface area contributed by atoms with Gasteiger partial charge in [0, 0.05) is 12.6 Å². The second kappa shape index (κ2) is 6.57. The minimum atomic E-state index is 0.991. The van der Waals surface area contributed by atoms with Crippen molar-refractivity contribution < 1.29 is 0 Å². The topological polar surface area (TPSA) is 17.8 Å². The number of aromatic nitrogens is 2. The van der Waals surface area contributed by atoms with Gasteiger partial charge in [-0.3, -0.25) is 0 Å². The molecule has 30 heavy (non-hydrogen) atoms. The van der Waals surface area contributed by atoms with Gasteiger partial charge in [0.05, 0.1) is 11.0 Å². The molecule has 0 unspecified atom stereocenters. The number of aryl methyl sites for hydroxylation is 1. The van der Waals surface area contributed by atoms with Crippen molar-refractivity contribution in [1.82, 2.24) is 9.55 Å². The fourth-order valence-electron chi connectivity index (χ4n) is 4.43. The second-order valence-electron chi connectivity index (χ2n) is 7.79. The van der Waals surface area contributed by atoms with E-state index in [0.717, 1.165) is 22.4 Å². The molecule has 0 saturated heterocycles. The quantitative estimate of drug-likeness (QED) is 0.288. The molecular weight excluding hydrogens is 364 g/mol. The van der Waals surface area contributed by atoms with Crippen LogP contribution in [-0.2, 0) is 7.05 Å². The monoisotopic (exact) mass is 384 g/mol. The van der Waals surface area contributed by atoms with E-state index in [1.807, 2.05) is 6.07 Å². The average Bonchev–Trinajstić information content (AvgIpc) is 3.15. The summed E-state index contributed by atoms with van der Waals surface area (Å²) in [5.41, 5.74) is 5.73. The number of para-hydroxylation sites is 2. The first kappa shape index (κ1) is 17.0. The van der Waals surface area contributed by atoms with Crippen molar-refractivity contribution >= 4 is 32.6 Å². The van der Waals surface area contributed by atoms with E-state index in [4.69, 9.17) is 4.98 Å². The summed E-state index contributed by atoms with van der Waals surface area (Å²) in [5.74, 6) is 0.991. The Hall–Kier alpha value is -3.91. The maximum Gasteiger partial charge on any atom is 0.140 e. The predicted octanol–water partition coefficient (Wildman–Crippen LogP) is 7.21. The molecule has 5 aromatic carbocycles. The highest BCUT2D eigenvalue weighted by atomic mass is 15.1. The lowest BCUT2D eigenvalue weighted by atomic mass is 9.96. The van der Waals surface area contributed by atoms with Crippen LogP contribution in [0.1, 0.15) is 0 Å². The highest BCUT2D eigenvalue weighted by Crippen LogP contribution is 2.32. The SMILES string of the molecule is Cn1c(-c2cccc(-c3ccc4c(ccc5ccccc54)c3)c2)nc2ccccc21. The Morgan fingerprint density at radius 3 is 2.23 bits per heavy atom. The highest BCUT2D eigenvalue weighted by Gasteiger charge is 2.11. The Labute approximate surface area is 175 Å². The first-order chi connectivity index (χ1) is 14.8. The summed E-state index contributed by atoms with van der Waals surface area (Å²) in [6.45, 7) is 0. The van der Waals surface area contributed by atoms with Crippen LogP contribution in [0.25, 0.3) is 55.1 Å². The molecule has 0 aliphatic rings. The van der Waals surface area contributed by atoms with Crippen LogP contribution >= 0.6 is 0 Å². The van der Waals surface area contributed by atoms with Crippen LogP contribution in [0.2, 0.25) is 0 Å². The summed E-state index contributed by atoms with van der Waals surface area (Å²) < 4.78 is 2.17. The fourth-order valence-corrected chi connectivity index (χ4v) is 4.43. The van der Waals surface area contributed by atoms with Crippen LogP contribution in [0.3, 0.4) is 0 Å². The molecule has 1 heterocycles. The Balaban J connectivity index is 1.49. The molecule has 0 aliphatic heterocycles. The largest absolute Gasteiger partial charge is 0.327 e. The van der Waals surface area contributed by atoms with Gasteiger partial charge in [-0.25, -0.2) is 4.98 Å². The summed E-state index contributed by atoms with van der Waals surface area (Å²) >= 11 is 0. The van der Waals surface area contributed by atoms with Crippen LogP contribution in [-0.4, -0.2) is 9.55 Å². The van der Waals surface area contributed by atoms with Gasteiger partial charge < -0.3 is 4.57 Å². The van der Waals surface area contributed by atoms with E-state index in [1.54, 1.807) is 0 Å². The Kier molecular flexibility index (Phi) is 3.72. The van der Waals surface area contributed by atoms with E-state index in [9.17, 15) is 0 Å². The number of rotatable bonds is 2. The number of hydrogen-bond donors (Lipinski definition) is 0. The minimum absolute atomic E-state index is 0.991. The summed E-state index contributed by atoms with van der Waals surface area (Å²) in [6, 6.07) is 36.7. The van der Waals surface area contributed by atoms with Crippen molar-refractivity contribution in [2.45, 2.75) is 0 Å². The number of fused-ring (bicyclic) bond motifs is 4. The molecule has 142 valence electrons. The molecule has 0 saturated carbocycles. The normalized spacial score (nSPS) is 11.5. The smallest absolute Gasteiger partial charge is 0.140 e. The Bertz CT molecular complexity index is 1560. The summed E-state index contributed by atoms with van der Waals surface area (Å²) in [6.07, 6.45) is 0. The maximum absolute atomic E-state index is 4.86. The molecule has 0 aliphatic carbocycles. The molecular formula is C28H20N2. The molecule has 0 N–H and O–H groups in total. The van der Waals surface area contributed by atoms with Gasteiger partial charge in [0.15, 0.2) is 0 Å². The molecule has 0 amide bonds. The second-order valence-corrected chi connectivity index (χ2v) is 7.79. The van der Waals surface area contributed by atoms with Crippen LogP contribution in [0.15, 0.2) is 103 Å². The Morgan fingerprint density at radius 2 is 1.30 bits per heavy atom. The van der Waals surface area contributed by atoms with Crippen LogP contribution in [0, 0.1) is 0 Å². The molecule has 6 rings (SSSR count). The van der Waals surface area contributed by atoms with Crippen molar-refractivity contribution in [2.75, 3.05) is 0 Å². The summed E-state index contributed by atoms with van der Waals surface area (Å²) in [7, 11) is 2.08. The number of hydrogen-bond acceptors (Lipinski definition) is 1. The van der Waals surface area contributed by atoms with Crippen molar-refractivity contribution in [1.29, 1.82) is 0 Å². The Morgan fingerprint density at radius 1 is 0.567 bits per heavy atom. The molecule has 0 bridgehead atoms. The van der Waals surface area contributed by atoms with Crippen LogP contribution < -0.4 is 0 Å². The van der Waals surface area contributed by atoms with Gasteiger partial charge in [0.2, 0.25) is 0 Å². The highest BCUT2D eigenvalue weighted by molar-refractivity contribution is 6.08. The van der Waals surface area contributed by atoms with Crippen molar-refractivity contribution in [3.8, 4) is 22.5 Å². The average molecular weight is 384 g/mol. The molecule has 2 nitrogen and oxygen atoms in total. The van der Waals surface area contributed by atoms with Gasteiger partial charge in [-0.05, 0) is 56.9 Å². The maximum atomic E-state index is 4.86. The molecule has 6 aromatic rings. The van der Waals surface area contributed by atoms with Crippen LogP contribution in [0.4, 0.5) is 0 Å². The number of benzene rings is 5. The van der Waals surface area contributed by atoms with Crippen molar-refractivity contribution in [3.05, 3.63) is 103 Å². The van der Waals surface area contributed by atoms with E-state index in [1.165, 1.54) is 32.7 Å². The van der Waals surface area contributed by atoms with Gasteiger partial charge in [-0.15, -0.1) is 0 Å². The molecule has 0 radical (unpaired) electrons. The predicted molar refractivity (Wildman–Crippen MR) is 127 cm³/mol. The first-order valence-corrected chi connectivity index (χ1v) is 10.2. The number of imidazole rings is 1. The third-order valence-electron chi connectivity index (χ3n) is 5.99. The van der Waals surface area contributed by atoms with E-state index >= 15 is 0 Å². The minimum Gasteiger partial charge on any atom is -0.327 e. The third-order valence-corrected chi connectivity index (χ3v) is 5.99. The number of nitrogens with zero attached hydrogens (tertiary/aromatic N) is 2. The lowest BCUT2D eigenvalue weighted by Gasteiger charge is -2.09. The fraction of sp³-hybridized carbons (Fsp3) is 0.0357. The van der Waals surface area contributed by atoms with Crippen molar-refractivity contribution in [3.63, 3.8) is 0 Å². The van der Waals surface area contributed by atoms with E-state index < -0.39 is 0 Å². The van der Waals surface area contributed by atoms with Gasteiger partial charge in [0.1, 0.15) is 5.82 Å². The zero-order valence-corrected chi connectivity index (χ0v) is 16.7. The summed E-state index contributed by atoms with van der Waals surface area (Å²) in [5, 5.41) is 5.14. The zero-order valence-electron chi connectivity index (χ0n) is 16.7. The lowest BCUT2D eigenvalue weighted by molar-refractivity contribution is 0.959. The van der Waals surface area contributed by atoms with E-state index in [-0.39, 0.29) is 0 Å². The molecule has 0 atom stereocenters. The van der Waals surface area contributed by atoms with Gasteiger partial charge in [-0.1, -0.05) is 78.9 Å². The lowest BCUT2D eigenvalue weighted by Crippen LogP contribution is -1.92. The van der Waals surface area contributed by atoms with Crippen LogP contribution in [0.5, 0.6) is 0 Å².